The molecule has 1 atom stereocenters. The van der Waals surface area contributed by atoms with Gasteiger partial charge in [0.05, 0.1) is 31.4 Å². The van der Waals surface area contributed by atoms with E-state index >= 15 is 0 Å². The molecule has 7 nitrogen and oxygen atoms in total. The molecule has 1 unspecified atom stereocenters. The monoisotopic (exact) mass is 465 g/mol. The first-order valence-corrected chi connectivity index (χ1v) is 11.2. The van der Waals surface area contributed by atoms with Crippen LogP contribution >= 0.6 is 0 Å². The molecule has 1 aliphatic rings. The Bertz CT molecular complexity index is 1120. The van der Waals surface area contributed by atoms with E-state index in [-0.39, 0.29) is 16.7 Å². The average Bonchev–Trinajstić information content (AvgIpc) is 2.82. The molecule has 2 N–H and O–H groups in total. The molecule has 7 heteroatoms. The van der Waals surface area contributed by atoms with Crippen LogP contribution in [0.1, 0.15) is 37.8 Å². The van der Waals surface area contributed by atoms with Gasteiger partial charge >= 0.3 is 11.9 Å². The summed E-state index contributed by atoms with van der Waals surface area (Å²) in [4.78, 5) is 26.7. The second-order valence-electron chi connectivity index (χ2n) is 8.24. The number of carbonyl (C=O) groups is 2. The fraction of sp³-hybridized carbons (Fsp3) is 0.333. The Labute approximate surface area is 199 Å². The molecule has 0 aliphatic carbocycles. The first kappa shape index (κ1) is 24.9. The molecule has 0 fully saturated rings. The number of allylic oxidation sites excluding steroid dienone is 1. The second kappa shape index (κ2) is 10.9. The number of hydrogen-bond acceptors (Lipinski definition) is 5. The summed E-state index contributed by atoms with van der Waals surface area (Å²) in [5.74, 6) is -1.43. The summed E-state index contributed by atoms with van der Waals surface area (Å²) in [6, 6.07) is 14.6. The maximum atomic E-state index is 12.4. The SMILES string of the molecule is COc1ccc(C2=C(C(=O)O)C(C)N(CCCCc3ccccc3)C(C)=C2C(=O)O)cc1OC. The van der Waals surface area contributed by atoms with E-state index in [4.69, 9.17) is 9.47 Å². The van der Waals surface area contributed by atoms with Gasteiger partial charge in [0.25, 0.3) is 0 Å². The molecule has 1 aliphatic heterocycles. The predicted octanol–water partition coefficient (Wildman–Crippen LogP) is 4.63. The quantitative estimate of drug-likeness (QED) is 0.494. The Morgan fingerprint density at radius 3 is 2.21 bits per heavy atom. The zero-order chi connectivity index (χ0) is 24.8. The van der Waals surface area contributed by atoms with E-state index in [0.717, 1.165) is 19.3 Å². The van der Waals surface area contributed by atoms with Gasteiger partial charge in [-0.25, -0.2) is 9.59 Å². The van der Waals surface area contributed by atoms with Crippen LogP contribution in [0.2, 0.25) is 0 Å². The number of ether oxygens (including phenoxy) is 2. The van der Waals surface area contributed by atoms with Gasteiger partial charge in [-0.3, -0.25) is 0 Å². The number of aliphatic carboxylic acids is 2. The third kappa shape index (κ3) is 5.09. The third-order valence-electron chi connectivity index (χ3n) is 6.27. The number of carboxylic acids is 2. The number of nitrogens with zero attached hydrogens (tertiary/aromatic N) is 1. The minimum Gasteiger partial charge on any atom is -0.493 e. The minimum absolute atomic E-state index is 0.00854. The Kier molecular flexibility index (Phi) is 7.99. The van der Waals surface area contributed by atoms with Crippen LogP contribution in [-0.4, -0.2) is 53.9 Å². The standard InChI is InChI=1S/C27H31NO6/c1-17-23(26(29)30)25(20-13-14-21(33-3)22(16-20)34-4)24(27(31)32)18(2)28(17)15-9-8-12-19-10-6-5-7-11-19/h5-7,10-11,13-14,16-17H,8-9,12,15H2,1-4H3,(H,29,30)(H,31,32). The van der Waals surface area contributed by atoms with E-state index in [1.165, 1.54) is 19.8 Å². The second-order valence-corrected chi connectivity index (χ2v) is 8.24. The summed E-state index contributed by atoms with van der Waals surface area (Å²) in [5, 5.41) is 20.3. The van der Waals surface area contributed by atoms with Crippen molar-refractivity contribution in [3.05, 3.63) is 76.5 Å². The molecule has 0 saturated heterocycles. The van der Waals surface area contributed by atoms with Crippen molar-refractivity contribution in [3.63, 3.8) is 0 Å². The maximum absolute atomic E-state index is 12.4. The molecule has 180 valence electrons. The molecular formula is C27H31NO6. The van der Waals surface area contributed by atoms with Gasteiger partial charge in [-0.05, 0) is 56.4 Å². The molecule has 0 spiro atoms. The normalized spacial score (nSPS) is 16.0. The van der Waals surface area contributed by atoms with Gasteiger partial charge in [-0.15, -0.1) is 0 Å². The number of hydrogen-bond donors (Lipinski definition) is 2. The Morgan fingerprint density at radius 1 is 0.941 bits per heavy atom. The fourth-order valence-corrected chi connectivity index (χ4v) is 4.57. The van der Waals surface area contributed by atoms with Crippen molar-refractivity contribution in [2.75, 3.05) is 20.8 Å². The van der Waals surface area contributed by atoms with Crippen LogP contribution in [-0.2, 0) is 16.0 Å². The number of carboxylic acid groups (broad SMARTS) is 2. The highest BCUT2D eigenvalue weighted by Gasteiger charge is 2.37. The Hall–Kier alpha value is -3.74. The molecule has 2 aromatic carbocycles. The molecule has 2 aromatic rings. The van der Waals surface area contributed by atoms with Crippen molar-refractivity contribution in [3.8, 4) is 11.5 Å². The summed E-state index contributed by atoms with van der Waals surface area (Å²) >= 11 is 0. The van der Waals surface area contributed by atoms with Crippen molar-refractivity contribution in [2.24, 2.45) is 0 Å². The number of aryl methyl sites for hydroxylation is 1. The zero-order valence-electron chi connectivity index (χ0n) is 20.0. The number of unbranched alkanes of at least 4 members (excludes halogenated alkanes) is 1. The van der Waals surface area contributed by atoms with E-state index in [0.29, 0.717) is 29.3 Å². The Morgan fingerprint density at radius 2 is 1.62 bits per heavy atom. The summed E-state index contributed by atoms with van der Waals surface area (Å²) in [5.41, 5.74) is 2.50. The van der Waals surface area contributed by atoms with Gasteiger partial charge < -0.3 is 24.6 Å². The van der Waals surface area contributed by atoms with Crippen molar-refractivity contribution in [1.82, 2.24) is 4.90 Å². The van der Waals surface area contributed by atoms with Crippen LogP contribution in [0.25, 0.3) is 5.57 Å². The molecule has 0 amide bonds. The molecule has 0 aromatic heterocycles. The van der Waals surface area contributed by atoms with Crippen LogP contribution < -0.4 is 9.47 Å². The molecule has 3 rings (SSSR count). The highest BCUT2D eigenvalue weighted by atomic mass is 16.5. The van der Waals surface area contributed by atoms with Gasteiger partial charge in [0.2, 0.25) is 0 Å². The largest absolute Gasteiger partial charge is 0.493 e. The van der Waals surface area contributed by atoms with Gasteiger partial charge in [0.1, 0.15) is 0 Å². The van der Waals surface area contributed by atoms with Crippen LogP contribution in [0.3, 0.4) is 0 Å². The Balaban J connectivity index is 1.97. The average molecular weight is 466 g/mol. The van der Waals surface area contributed by atoms with E-state index in [1.54, 1.807) is 25.1 Å². The lowest BCUT2D eigenvalue weighted by Crippen LogP contribution is -2.41. The third-order valence-corrected chi connectivity index (χ3v) is 6.27. The zero-order valence-corrected chi connectivity index (χ0v) is 20.0. The van der Waals surface area contributed by atoms with Crippen LogP contribution in [0.5, 0.6) is 11.5 Å². The van der Waals surface area contributed by atoms with Gasteiger partial charge in [-0.2, -0.15) is 0 Å². The van der Waals surface area contributed by atoms with Gasteiger partial charge in [-0.1, -0.05) is 36.4 Å². The maximum Gasteiger partial charge on any atom is 0.338 e. The van der Waals surface area contributed by atoms with E-state index in [1.807, 2.05) is 30.0 Å². The lowest BCUT2D eigenvalue weighted by molar-refractivity contribution is -0.133. The fourth-order valence-electron chi connectivity index (χ4n) is 4.57. The molecule has 0 bridgehead atoms. The first-order valence-electron chi connectivity index (χ1n) is 11.2. The molecule has 0 radical (unpaired) electrons. The molecule has 0 saturated carbocycles. The summed E-state index contributed by atoms with van der Waals surface area (Å²) in [6.07, 6.45) is 2.63. The van der Waals surface area contributed by atoms with Gasteiger partial charge in [0, 0.05) is 17.8 Å². The van der Waals surface area contributed by atoms with E-state index in [9.17, 15) is 19.8 Å². The van der Waals surface area contributed by atoms with Crippen molar-refractivity contribution in [2.45, 2.75) is 39.2 Å². The van der Waals surface area contributed by atoms with E-state index < -0.39 is 18.0 Å². The predicted molar refractivity (Wildman–Crippen MR) is 130 cm³/mol. The number of benzene rings is 2. The van der Waals surface area contributed by atoms with E-state index in [2.05, 4.69) is 12.1 Å². The van der Waals surface area contributed by atoms with Crippen molar-refractivity contribution in [1.29, 1.82) is 0 Å². The first-order chi connectivity index (χ1) is 16.3. The lowest BCUT2D eigenvalue weighted by Gasteiger charge is -2.38. The minimum atomic E-state index is -1.16. The molecular weight excluding hydrogens is 434 g/mol. The number of methoxy groups -OCH3 is 2. The van der Waals surface area contributed by atoms with Crippen LogP contribution in [0.15, 0.2) is 65.4 Å². The van der Waals surface area contributed by atoms with Gasteiger partial charge in [0.15, 0.2) is 11.5 Å². The van der Waals surface area contributed by atoms with Crippen molar-refractivity contribution < 1.29 is 29.3 Å². The summed E-state index contributed by atoms with van der Waals surface area (Å²) in [6.45, 7) is 4.12. The summed E-state index contributed by atoms with van der Waals surface area (Å²) in [7, 11) is 2.98. The molecule has 34 heavy (non-hydrogen) atoms. The highest BCUT2D eigenvalue weighted by molar-refractivity contribution is 6.13. The van der Waals surface area contributed by atoms with Crippen LogP contribution in [0.4, 0.5) is 0 Å². The highest BCUT2D eigenvalue weighted by Crippen LogP contribution is 2.41. The lowest BCUT2D eigenvalue weighted by atomic mass is 9.84. The van der Waals surface area contributed by atoms with Crippen LogP contribution in [0, 0.1) is 0 Å². The topological polar surface area (TPSA) is 96.3 Å². The van der Waals surface area contributed by atoms with Crippen molar-refractivity contribution >= 4 is 17.5 Å². The summed E-state index contributed by atoms with van der Waals surface area (Å²) < 4.78 is 10.6. The smallest absolute Gasteiger partial charge is 0.338 e. The number of rotatable bonds is 10. The molecule has 1 heterocycles.